The second kappa shape index (κ2) is 5.06. The third-order valence-corrected chi connectivity index (χ3v) is 1.80. The van der Waals surface area contributed by atoms with Crippen LogP contribution in [0.1, 0.15) is 12.0 Å². The second-order valence-electron chi connectivity index (χ2n) is 2.42. The van der Waals surface area contributed by atoms with Gasteiger partial charge in [-0.05, 0) is 40.5 Å². The van der Waals surface area contributed by atoms with Crippen LogP contribution in [0.3, 0.4) is 0 Å². The van der Waals surface area contributed by atoms with Gasteiger partial charge in [0.15, 0.2) is 0 Å². The Morgan fingerprint density at radius 3 is 3.00 bits per heavy atom. The number of nitrogens with two attached hydrogens (primary N) is 1. The summed E-state index contributed by atoms with van der Waals surface area (Å²) in [5, 5.41) is 0. The molecule has 3 heteroatoms. The molecule has 0 amide bonds. The highest BCUT2D eigenvalue weighted by atomic mass is 79.9. The lowest BCUT2D eigenvalue weighted by atomic mass is 10.2. The Morgan fingerprint density at radius 1 is 1.50 bits per heavy atom. The molecule has 2 nitrogen and oxygen atoms in total. The Kier molecular flexibility index (Phi) is 3.97. The highest BCUT2D eigenvalue weighted by Crippen LogP contribution is 2.10. The standard InChI is InChI=1S/C9H11BrN2/c10-9-5-8(6-12-7-9)3-1-2-4-11/h1,3,5-7H,2,4,11H2/b3-1+. The molecule has 2 N–H and O–H groups in total. The molecule has 64 valence electrons. The summed E-state index contributed by atoms with van der Waals surface area (Å²) >= 11 is 3.35. The van der Waals surface area contributed by atoms with Crippen LogP contribution in [0.2, 0.25) is 0 Å². The van der Waals surface area contributed by atoms with Crippen molar-refractivity contribution in [3.63, 3.8) is 0 Å². The maximum absolute atomic E-state index is 5.35. The molecule has 12 heavy (non-hydrogen) atoms. The van der Waals surface area contributed by atoms with Gasteiger partial charge >= 0.3 is 0 Å². The molecule has 0 saturated heterocycles. The van der Waals surface area contributed by atoms with Gasteiger partial charge in [-0.2, -0.15) is 0 Å². The number of hydrogen-bond acceptors (Lipinski definition) is 2. The van der Waals surface area contributed by atoms with Crippen molar-refractivity contribution in [1.82, 2.24) is 4.98 Å². The maximum Gasteiger partial charge on any atom is 0.0410 e. The summed E-state index contributed by atoms with van der Waals surface area (Å²) in [6.45, 7) is 0.692. The maximum atomic E-state index is 5.35. The van der Waals surface area contributed by atoms with Gasteiger partial charge in [-0.3, -0.25) is 4.98 Å². The van der Waals surface area contributed by atoms with Crippen LogP contribution in [-0.4, -0.2) is 11.5 Å². The third-order valence-electron chi connectivity index (χ3n) is 1.37. The van der Waals surface area contributed by atoms with Crippen molar-refractivity contribution in [2.45, 2.75) is 6.42 Å². The molecule has 0 spiro atoms. The van der Waals surface area contributed by atoms with Gasteiger partial charge in [0.2, 0.25) is 0 Å². The predicted octanol–water partition coefficient (Wildman–Crippen LogP) is 2.21. The van der Waals surface area contributed by atoms with Gasteiger partial charge in [0.1, 0.15) is 0 Å². The van der Waals surface area contributed by atoms with Crippen LogP contribution in [0.4, 0.5) is 0 Å². The molecule has 0 unspecified atom stereocenters. The summed E-state index contributed by atoms with van der Waals surface area (Å²) in [4.78, 5) is 4.03. The van der Waals surface area contributed by atoms with E-state index in [0.29, 0.717) is 6.54 Å². The molecule has 1 aromatic rings. The van der Waals surface area contributed by atoms with Crippen molar-refractivity contribution in [1.29, 1.82) is 0 Å². The van der Waals surface area contributed by atoms with Crippen LogP contribution in [0.25, 0.3) is 6.08 Å². The second-order valence-corrected chi connectivity index (χ2v) is 3.33. The Hall–Kier alpha value is -0.670. The minimum Gasteiger partial charge on any atom is -0.330 e. The van der Waals surface area contributed by atoms with Crippen LogP contribution in [0.15, 0.2) is 29.0 Å². The lowest BCUT2D eigenvalue weighted by molar-refractivity contribution is 1.01. The number of nitrogens with zero attached hydrogens (tertiary/aromatic N) is 1. The van der Waals surface area contributed by atoms with Crippen LogP contribution < -0.4 is 5.73 Å². The summed E-state index contributed by atoms with van der Waals surface area (Å²) in [6.07, 6.45) is 8.55. The van der Waals surface area contributed by atoms with E-state index in [2.05, 4.69) is 20.9 Å². The van der Waals surface area contributed by atoms with Crippen molar-refractivity contribution in [3.05, 3.63) is 34.6 Å². The largest absolute Gasteiger partial charge is 0.330 e. The van der Waals surface area contributed by atoms with E-state index in [0.717, 1.165) is 16.5 Å². The van der Waals surface area contributed by atoms with Crippen LogP contribution >= 0.6 is 15.9 Å². The van der Waals surface area contributed by atoms with Gasteiger partial charge < -0.3 is 5.73 Å². The van der Waals surface area contributed by atoms with Crippen molar-refractivity contribution >= 4 is 22.0 Å². The molecule has 0 bridgehead atoms. The van der Waals surface area contributed by atoms with Gasteiger partial charge in [-0.15, -0.1) is 0 Å². The summed E-state index contributed by atoms with van der Waals surface area (Å²) in [7, 11) is 0. The molecule has 1 heterocycles. The zero-order valence-electron chi connectivity index (χ0n) is 6.70. The fourth-order valence-corrected chi connectivity index (χ4v) is 1.22. The average molecular weight is 227 g/mol. The van der Waals surface area contributed by atoms with Gasteiger partial charge in [-0.1, -0.05) is 12.2 Å². The first-order valence-electron chi connectivity index (χ1n) is 3.80. The van der Waals surface area contributed by atoms with Crippen molar-refractivity contribution in [3.8, 4) is 0 Å². The van der Waals surface area contributed by atoms with E-state index < -0.39 is 0 Å². The van der Waals surface area contributed by atoms with E-state index in [1.165, 1.54) is 0 Å². The van der Waals surface area contributed by atoms with Gasteiger partial charge in [0.25, 0.3) is 0 Å². The monoisotopic (exact) mass is 226 g/mol. The molecule has 0 aliphatic rings. The topological polar surface area (TPSA) is 38.9 Å². The normalized spacial score (nSPS) is 10.8. The first-order valence-corrected chi connectivity index (χ1v) is 4.59. The molecule has 1 rings (SSSR count). The van der Waals surface area contributed by atoms with Crippen LogP contribution in [0, 0.1) is 0 Å². The van der Waals surface area contributed by atoms with Crippen LogP contribution in [0.5, 0.6) is 0 Å². The molecule has 0 fully saturated rings. The lowest BCUT2D eigenvalue weighted by Gasteiger charge is -1.92. The number of hydrogen-bond donors (Lipinski definition) is 1. The predicted molar refractivity (Wildman–Crippen MR) is 54.6 cm³/mol. The number of pyridine rings is 1. The lowest BCUT2D eigenvalue weighted by Crippen LogP contribution is -1.94. The quantitative estimate of drug-likeness (QED) is 0.859. The van der Waals surface area contributed by atoms with Crippen molar-refractivity contribution in [2.75, 3.05) is 6.54 Å². The Balaban J connectivity index is 2.63. The fraction of sp³-hybridized carbons (Fsp3) is 0.222. The molecule has 0 aromatic carbocycles. The Morgan fingerprint density at radius 2 is 2.33 bits per heavy atom. The molecule has 1 aromatic heterocycles. The highest BCUT2D eigenvalue weighted by molar-refractivity contribution is 9.10. The molecule has 0 radical (unpaired) electrons. The Labute approximate surface area is 80.6 Å². The smallest absolute Gasteiger partial charge is 0.0410 e. The van der Waals surface area contributed by atoms with Crippen molar-refractivity contribution < 1.29 is 0 Å². The van der Waals surface area contributed by atoms with Gasteiger partial charge in [0, 0.05) is 16.9 Å². The van der Waals surface area contributed by atoms with E-state index in [-0.39, 0.29) is 0 Å². The molecule has 0 saturated carbocycles. The fourth-order valence-electron chi connectivity index (χ4n) is 0.835. The zero-order chi connectivity index (χ0) is 8.81. The van der Waals surface area contributed by atoms with E-state index in [4.69, 9.17) is 5.73 Å². The number of rotatable bonds is 3. The minimum absolute atomic E-state index is 0.692. The molecular formula is C9H11BrN2. The van der Waals surface area contributed by atoms with E-state index in [1.54, 1.807) is 6.20 Å². The molecular weight excluding hydrogens is 216 g/mol. The molecule has 0 aliphatic heterocycles. The van der Waals surface area contributed by atoms with Gasteiger partial charge in [-0.25, -0.2) is 0 Å². The SMILES string of the molecule is NCC/C=C/c1cncc(Br)c1. The Bertz CT molecular complexity index is 271. The van der Waals surface area contributed by atoms with Crippen molar-refractivity contribution in [2.24, 2.45) is 5.73 Å². The first kappa shape index (κ1) is 9.42. The zero-order valence-corrected chi connectivity index (χ0v) is 8.29. The summed E-state index contributed by atoms with van der Waals surface area (Å²) < 4.78 is 0.998. The summed E-state index contributed by atoms with van der Waals surface area (Å²) in [5.41, 5.74) is 6.44. The van der Waals surface area contributed by atoms with E-state index >= 15 is 0 Å². The number of halogens is 1. The average Bonchev–Trinajstić information content (AvgIpc) is 2.05. The van der Waals surface area contributed by atoms with E-state index in [9.17, 15) is 0 Å². The third kappa shape index (κ3) is 3.15. The molecule has 0 aliphatic carbocycles. The number of aromatic nitrogens is 1. The molecule has 0 atom stereocenters. The minimum atomic E-state index is 0.692. The first-order chi connectivity index (χ1) is 5.83. The summed E-state index contributed by atoms with van der Waals surface area (Å²) in [5.74, 6) is 0. The highest BCUT2D eigenvalue weighted by Gasteiger charge is 1.88. The van der Waals surface area contributed by atoms with Gasteiger partial charge in [0.05, 0.1) is 0 Å². The summed E-state index contributed by atoms with van der Waals surface area (Å²) in [6, 6.07) is 2.01. The van der Waals surface area contributed by atoms with Crippen LogP contribution in [-0.2, 0) is 0 Å². The van der Waals surface area contributed by atoms with E-state index in [1.807, 2.05) is 24.4 Å².